The van der Waals surface area contributed by atoms with E-state index < -0.39 is 18.2 Å². The lowest BCUT2D eigenvalue weighted by Crippen LogP contribution is -2.27. The van der Waals surface area contributed by atoms with Crippen molar-refractivity contribution in [2.45, 2.75) is 71.4 Å². The second-order valence-electron chi connectivity index (χ2n) is 9.58. The van der Waals surface area contributed by atoms with Crippen LogP contribution in [0.2, 0.25) is 0 Å². The van der Waals surface area contributed by atoms with E-state index in [-0.39, 0.29) is 24.4 Å². The lowest BCUT2D eigenvalue weighted by Gasteiger charge is -2.16. The average molecular weight is 573 g/mol. The average Bonchev–Trinajstić information content (AvgIpc) is 3.81. The number of unbranched alkanes of at least 4 members (excludes halogenated alkanes) is 2. The Hall–Kier alpha value is -3.95. The van der Waals surface area contributed by atoms with Crippen molar-refractivity contribution in [3.05, 3.63) is 70.0 Å². The molecule has 222 valence electrons. The summed E-state index contributed by atoms with van der Waals surface area (Å²) in [4.78, 5) is 16.1. The number of alkyl halides is 3. The highest BCUT2D eigenvalue weighted by atomic mass is 19.4. The van der Waals surface area contributed by atoms with Crippen molar-refractivity contribution >= 4 is 5.84 Å². The van der Waals surface area contributed by atoms with Crippen LogP contribution in [0.25, 0.3) is 22.4 Å². The molecule has 7 nitrogen and oxygen atoms in total. The number of H-pyrrole nitrogens is 1. The predicted molar refractivity (Wildman–Crippen MR) is 157 cm³/mol. The van der Waals surface area contributed by atoms with Crippen molar-refractivity contribution in [1.29, 1.82) is 0 Å². The Morgan fingerprint density at radius 2 is 1.71 bits per heavy atom. The molecule has 0 atom stereocenters. The number of hydrazone groups is 1. The minimum Gasteiger partial charge on any atom is -0.493 e. The molecule has 1 heterocycles. The molecular formula is C31H39F3N4O3. The van der Waals surface area contributed by atoms with Crippen molar-refractivity contribution < 1.29 is 22.6 Å². The Morgan fingerprint density at radius 1 is 1.00 bits per heavy atom. The molecular weight excluding hydrogens is 533 g/mol. The monoisotopic (exact) mass is 572 g/mol. The number of hydrogen-bond donors (Lipinski definition) is 3. The molecule has 1 fully saturated rings. The van der Waals surface area contributed by atoms with Gasteiger partial charge in [0.25, 0.3) is 5.56 Å². The number of rotatable bonds is 12. The molecule has 4 rings (SSSR count). The second kappa shape index (κ2) is 14.6. The van der Waals surface area contributed by atoms with E-state index in [1.807, 2.05) is 39.0 Å². The number of benzene rings is 2. The third-order valence-electron chi connectivity index (χ3n) is 6.62. The predicted octanol–water partition coefficient (Wildman–Crippen LogP) is 7.09. The summed E-state index contributed by atoms with van der Waals surface area (Å²) in [6.07, 6.45) is -1.56. The van der Waals surface area contributed by atoms with Crippen molar-refractivity contribution in [2.75, 3.05) is 13.2 Å². The third kappa shape index (κ3) is 8.77. The van der Waals surface area contributed by atoms with Crippen LogP contribution in [-0.2, 0) is 0 Å². The zero-order chi connectivity index (χ0) is 30.0. The summed E-state index contributed by atoms with van der Waals surface area (Å²) in [5.41, 5.74) is 9.56. The summed E-state index contributed by atoms with van der Waals surface area (Å²) in [6.45, 7) is 6.50. The summed E-state index contributed by atoms with van der Waals surface area (Å²) in [7, 11) is 0. The van der Waals surface area contributed by atoms with Crippen LogP contribution in [0.5, 0.6) is 11.5 Å². The van der Waals surface area contributed by atoms with Gasteiger partial charge in [0.2, 0.25) is 0 Å². The molecule has 1 aliphatic carbocycles. The number of ether oxygens (including phenoxy) is 2. The maximum atomic E-state index is 13.2. The van der Waals surface area contributed by atoms with Crippen molar-refractivity contribution in [2.24, 2.45) is 16.7 Å². The molecule has 5 N–H and O–H groups in total. The molecule has 0 amide bonds. The van der Waals surface area contributed by atoms with E-state index in [0.29, 0.717) is 53.7 Å². The zero-order valence-electron chi connectivity index (χ0n) is 23.8. The SMILES string of the molecule is CC.CCOc1cc(OCCCCCC(F)(F)F)ccc1-c1cc(-c2ccc(C3CC3)cc2)c(/C(N)=N/N)c(=O)[nH]1. The fourth-order valence-electron chi connectivity index (χ4n) is 4.49. The molecule has 0 spiro atoms. The van der Waals surface area contributed by atoms with Crippen LogP contribution < -0.4 is 26.6 Å². The number of pyridine rings is 1. The Balaban J connectivity index is 0.00000226. The lowest BCUT2D eigenvalue weighted by molar-refractivity contribution is -0.135. The summed E-state index contributed by atoms with van der Waals surface area (Å²) in [6, 6.07) is 15.1. The number of amidine groups is 1. The van der Waals surface area contributed by atoms with Gasteiger partial charge in [-0.25, -0.2) is 0 Å². The van der Waals surface area contributed by atoms with E-state index in [1.54, 1.807) is 18.2 Å². The van der Waals surface area contributed by atoms with Gasteiger partial charge < -0.3 is 26.0 Å². The first-order chi connectivity index (χ1) is 19.7. The van der Waals surface area contributed by atoms with E-state index in [9.17, 15) is 18.0 Å². The molecule has 0 aliphatic heterocycles. The maximum absolute atomic E-state index is 13.2. The first-order valence-corrected chi connectivity index (χ1v) is 14.1. The Bertz CT molecular complexity index is 1360. The van der Waals surface area contributed by atoms with Gasteiger partial charge in [-0.05, 0) is 74.3 Å². The van der Waals surface area contributed by atoms with E-state index in [2.05, 4.69) is 22.2 Å². The molecule has 0 bridgehead atoms. The number of nitrogens with one attached hydrogen (secondary N) is 1. The minimum atomic E-state index is -4.13. The maximum Gasteiger partial charge on any atom is 0.389 e. The zero-order valence-corrected chi connectivity index (χ0v) is 23.8. The van der Waals surface area contributed by atoms with Crippen molar-refractivity contribution in [3.63, 3.8) is 0 Å². The van der Waals surface area contributed by atoms with Gasteiger partial charge in [0.1, 0.15) is 11.5 Å². The molecule has 10 heteroatoms. The summed E-state index contributed by atoms with van der Waals surface area (Å²) < 4.78 is 48.5. The molecule has 1 aromatic heterocycles. The van der Waals surface area contributed by atoms with Crippen LogP contribution in [0.3, 0.4) is 0 Å². The van der Waals surface area contributed by atoms with E-state index in [1.165, 1.54) is 18.4 Å². The Kier molecular flexibility index (Phi) is 11.3. The first-order valence-electron chi connectivity index (χ1n) is 14.1. The molecule has 41 heavy (non-hydrogen) atoms. The molecule has 1 aliphatic rings. The lowest BCUT2D eigenvalue weighted by atomic mass is 9.96. The number of aromatic nitrogens is 1. The fourth-order valence-corrected chi connectivity index (χ4v) is 4.49. The number of nitrogens with two attached hydrogens (primary N) is 2. The fraction of sp³-hybridized carbons (Fsp3) is 0.419. The van der Waals surface area contributed by atoms with Crippen molar-refractivity contribution in [3.8, 4) is 33.9 Å². The van der Waals surface area contributed by atoms with Crippen LogP contribution in [0, 0.1) is 0 Å². The number of nitrogens with zero attached hydrogens (tertiary/aromatic N) is 1. The third-order valence-corrected chi connectivity index (χ3v) is 6.62. The van der Waals surface area contributed by atoms with Crippen LogP contribution in [0.15, 0.2) is 58.4 Å². The van der Waals surface area contributed by atoms with Crippen LogP contribution in [-0.4, -0.2) is 30.2 Å². The van der Waals surface area contributed by atoms with E-state index in [0.717, 1.165) is 5.56 Å². The standard InChI is InChI=1S/C29H33F3N4O3.C2H6/c1-2-38-25-16-21(39-15-5-3-4-14-29(30,31)32)12-13-22(25)24-17-23(26(27(33)36-34)28(37)35-24)20-10-8-19(9-11-20)18-6-7-18;1-2/h8-13,16-18H,2-7,14-15,34H2,1H3,(H2,33,36)(H,35,37);1-2H3. The van der Waals surface area contributed by atoms with Gasteiger partial charge in [0.15, 0.2) is 5.84 Å². The van der Waals surface area contributed by atoms with Gasteiger partial charge in [0, 0.05) is 23.6 Å². The summed E-state index contributed by atoms with van der Waals surface area (Å²) in [5, 5.41) is 3.56. The normalized spacial score (nSPS) is 13.4. The minimum absolute atomic E-state index is 0.0738. The van der Waals surface area contributed by atoms with Gasteiger partial charge in [0.05, 0.1) is 24.5 Å². The molecule has 2 aromatic carbocycles. The van der Waals surface area contributed by atoms with Crippen LogP contribution >= 0.6 is 0 Å². The molecule has 3 aromatic rings. The highest BCUT2D eigenvalue weighted by molar-refractivity contribution is 6.03. The number of halogens is 3. The highest BCUT2D eigenvalue weighted by Crippen LogP contribution is 2.41. The van der Waals surface area contributed by atoms with E-state index >= 15 is 0 Å². The highest BCUT2D eigenvalue weighted by Gasteiger charge is 2.26. The van der Waals surface area contributed by atoms with Gasteiger partial charge in [-0.2, -0.15) is 18.3 Å². The second-order valence-corrected chi connectivity index (χ2v) is 9.58. The Morgan fingerprint density at radius 3 is 2.32 bits per heavy atom. The number of hydrogen-bond acceptors (Lipinski definition) is 5. The van der Waals surface area contributed by atoms with Gasteiger partial charge in [-0.3, -0.25) is 4.79 Å². The molecule has 0 radical (unpaired) electrons. The van der Waals surface area contributed by atoms with Crippen molar-refractivity contribution in [1.82, 2.24) is 4.98 Å². The number of aromatic amines is 1. The molecule has 0 saturated heterocycles. The quantitative estimate of drug-likeness (QED) is 0.0704. The summed E-state index contributed by atoms with van der Waals surface area (Å²) >= 11 is 0. The molecule has 1 saturated carbocycles. The van der Waals surface area contributed by atoms with Crippen LogP contribution in [0.1, 0.15) is 76.3 Å². The first kappa shape index (κ1) is 31.6. The largest absolute Gasteiger partial charge is 0.493 e. The Labute approximate surface area is 238 Å². The van der Waals surface area contributed by atoms with Gasteiger partial charge in [-0.15, -0.1) is 0 Å². The van der Waals surface area contributed by atoms with Gasteiger partial charge in [-0.1, -0.05) is 38.1 Å². The molecule has 0 unspecified atom stereocenters. The van der Waals surface area contributed by atoms with E-state index in [4.69, 9.17) is 21.1 Å². The smallest absolute Gasteiger partial charge is 0.389 e. The summed E-state index contributed by atoms with van der Waals surface area (Å²) in [5.74, 6) is 6.97. The van der Waals surface area contributed by atoms with Gasteiger partial charge >= 0.3 is 6.18 Å². The van der Waals surface area contributed by atoms with Crippen LogP contribution in [0.4, 0.5) is 13.2 Å². The topological polar surface area (TPSA) is 116 Å².